The number of rotatable bonds is 3. The summed E-state index contributed by atoms with van der Waals surface area (Å²) >= 11 is 5.52. The lowest BCUT2D eigenvalue weighted by atomic mass is 10.1. The van der Waals surface area contributed by atoms with Gasteiger partial charge in [-0.1, -0.05) is 29.8 Å². The van der Waals surface area contributed by atoms with E-state index in [1.807, 2.05) is 0 Å². The van der Waals surface area contributed by atoms with E-state index in [-0.39, 0.29) is 17.3 Å². The molecule has 0 atom stereocenters. The second kappa shape index (κ2) is 5.71. The molecule has 2 aromatic carbocycles. The van der Waals surface area contributed by atoms with Crippen molar-refractivity contribution in [3.8, 4) is 0 Å². The summed E-state index contributed by atoms with van der Waals surface area (Å²) in [6.07, 6.45) is -4.52. The van der Waals surface area contributed by atoms with Crippen LogP contribution in [0.25, 0.3) is 0 Å². The fourth-order valence-corrected chi connectivity index (χ4v) is 1.92. The van der Waals surface area contributed by atoms with E-state index in [0.717, 1.165) is 12.1 Å². The molecule has 20 heavy (non-hydrogen) atoms. The molecular formula is C14H10ClF4N. The van der Waals surface area contributed by atoms with E-state index in [0.29, 0.717) is 5.56 Å². The lowest BCUT2D eigenvalue weighted by Crippen LogP contribution is -2.08. The number of alkyl halides is 3. The van der Waals surface area contributed by atoms with Gasteiger partial charge < -0.3 is 5.32 Å². The third kappa shape index (κ3) is 3.42. The third-order valence-electron chi connectivity index (χ3n) is 2.71. The highest BCUT2D eigenvalue weighted by molar-refractivity contribution is 6.31. The summed E-state index contributed by atoms with van der Waals surface area (Å²) in [6, 6.07) is 9.53. The Morgan fingerprint density at radius 2 is 1.75 bits per heavy atom. The molecule has 0 bridgehead atoms. The van der Waals surface area contributed by atoms with Crippen molar-refractivity contribution in [3.63, 3.8) is 0 Å². The average Bonchev–Trinajstić information content (AvgIpc) is 2.38. The summed E-state index contributed by atoms with van der Waals surface area (Å²) in [7, 11) is 0. The van der Waals surface area contributed by atoms with Crippen LogP contribution in [-0.4, -0.2) is 0 Å². The van der Waals surface area contributed by atoms with E-state index in [9.17, 15) is 17.6 Å². The topological polar surface area (TPSA) is 12.0 Å². The van der Waals surface area contributed by atoms with Crippen LogP contribution in [0.5, 0.6) is 0 Å². The van der Waals surface area contributed by atoms with Gasteiger partial charge in [0.1, 0.15) is 5.82 Å². The molecule has 2 rings (SSSR count). The van der Waals surface area contributed by atoms with Gasteiger partial charge in [0.25, 0.3) is 0 Å². The number of nitrogens with one attached hydrogen (secondary N) is 1. The van der Waals surface area contributed by atoms with Crippen LogP contribution in [0.2, 0.25) is 5.02 Å². The molecule has 0 saturated carbocycles. The summed E-state index contributed by atoms with van der Waals surface area (Å²) in [6.45, 7) is 0.0889. The molecule has 0 fully saturated rings. The molecule has 0 heterocycles. The fourth-order valence-electron chi connectivity index (χ4n) is 1.69. The summed E-state index contributed by atoms with van der Waals surface area (Å²) < 4.78 is 51.4. The van der Waals surface area contributed by atoms with Gasteiger partial charge in [0.15, 0.2) is 0 Å². The lowest BCUT2D eigenvalue weighted by molar-refractivity contribution is -0.137. The van der Waals surface area contributed by atoms with E-state index in [4.69, 9.17) is 11.6 Å². The van der Waals surface area contributed by atoms with Crippen molar-refractivity contribution in [2.24, 2.45) is 0 Å². The predicted octanol–water partition coefficient (Wildman–Crippen LogP) is 5.11. The zero-order valence-electron chi connectivity index (χ0n) is 10.1. The number of halogens is 5. The largest absolute Gasteiger partial charge is 0.417 e. The Morgan fingerprint density at radius 1 is 1.05 bits per heavy atom. The van der Waals surface area contributed by atoms with Crippen LogP contribution in [0.4, 0.5) is 23.2 Å². The second-order valence-electron chi connectivity index (χ2n) is 4.14. The maximum atomic E-state index is 13.4. The maximum Gasteiger partial charge on any atom is 0.417 e. The Kier molecular flexibility index (Phi) is 4.18. The first-order valence-corrected chi connectivity index (χ1v) is 6.10. The molecule has 0 amide bonds. The van der Waals surface area contributed by atoms with Crippen molar-refractivity contribution in [2.45, 2.75) is 12.7 Å². The number of anilines is 1. The lowest BCUT2D eigenvalue weighted by Gasteiger charge is -2.12. The van der Waals surface area contributed by atoms with Gasteiger partial charge in [-0.3, -0.25) is 0 Å². The zero-order chi connectivity index (χ0) is 14.8. The van der Waals surface area contributed by atoms with Gasteiger partial charge in [0.2, 0.25) is 0 Å². The number of benzene rings is 2. The Bertz CT molecular complexity index is 610. The van der Waals surface area contributed by atoms with Crippen LogP contribution in [0, 0.1) is 5.82 Å². The number of hydrogen-bond donors (Lipinski definition) is 1. The van der Waals surface area contributed by atoms with Gasteiger partial charge in [-0.2, -0.15) is 13.2 Å². The zero-order valence-corrected chi connectivity index (χ0v) is 10.9. The molecule has 6 heteroatoms. The molecule has 0 aliphatic rings. The van der Waals surface area contributed by atoms with Crippen LogP contribution >= 0.6 is 11.6 Å². The minimum Gasteiger partial charge on any atom is -0.381 e. The number of hydrogen-bond acceptors (Lipinski definition) is 1. The first-order chi connectivity index (χ1) is 9.38. The van der Waals surface area contributed by atoms with Gasteiger partial charge in [-0.05, 0) is 24.3 Å². The monoisotopic (exact) mass is 303 g/mol. The molecule has 0 aliphatic carbocycles. The average molecular weight is 304 g/mol. The van der Waals surface area contributed by atoms with Crippen molar-refractivity contribution >= 4 is 17.3 Å². The van der Waals surface area contributed by atoms with Crippen LogP contribution in [-0.2, 0) is 12.7 Å². The second-order valence-corrected chi connectivity index (χ2v) is 4.54. The Morgan fingerprint density at radius 3 is 2.40 bits per heavy atom. The molecule has 0 aliphatic heterocycles. The van der Waals surface area contributed by atoms with E-state index in [1.54, 1.807) is 18.2 Å². The van der Waals surface area contributed by atoms with Gasteiger partial charge >= 0.3 is 6.18 Å². The molecule has 1 nitrogen and oxygen atoms in total. The first-order valence-electron chi connectivity index (χ1n) is 5.72. The van der Waals surface area contributed by atoms with E-state index >= 15 is 0 Å². The van der Waals surface area contributed by atoms with Crippen LogP contribution in [0.3, 0.4) is 0 Å². The molecule has 1 N–H and O–H groups in total. The minimum atomic E-state index is -4.52. The first kappa shape index (κ1) is 14.7. The Hall–Kier alpha value is -1.75. The Balaban J connectivity index is 2.17. The van der Waals surface area contributed by atoms with Crippen LogP contribution < -0.4 is 5.32 Å². The smallest absolute Gasteiger partial charge is 0.381 e. The quantitative estimate of drug-likeness (QED) is 0.777. The van der Waals surface area contributed by atoms with Gasteiger partial charge in [-0.15, -0.1) is 0 Å². The normalized spacial score (nSPS) is 11.4. The molecular weight excluding hydrogens is 294 g/mol. The van der Waals surface area contributed by atoms with Crippen molar-refractivity contribution in [3.05, 3.63) is 64.4 Å². The Labute approximate surface area is 118 Å². The summed E-state index contributed by atoms with van der Waals surface area (Å²) in [5, 5.41) is 2.38. The van der Waals surface area contributed by atoms with Crippen molar-refractivity contribution in [1.29, 1.82) is 0 Å². The molecule has 2 aromatic rings. The van der Waals surface area contributed by atoms with Crippen LogP contribution in [0.15, 0.2) is 42.5 Å². The molecule has 0 radical (unpaired) electrons. The molecule has 0 aromatic heterocycles. The third-order valence-corrected chi connectivity index (χ3v) is 3.04. The van der Waals surface area contributed by atoms with Crippen molar-refractivity contribution < 1.29 is 17.6 Å². The minimum absolute atomic E-state index is 0.0889. The molecule has 106 valence electrons. The molecule has 0 spiro atoms. The molecule has 0 unspecified atom stereocenters. The van der Waals surface area contributed by atoms with Crippen molar-refractivity contribution in [2.75, 3.05) is 5.32 Å². The van der Waals surface area contributed by atoms with Gasteiger partial charge in [-0.25, -0.2) is 4.39 Å². The highest BCUT2D eigenvalue weighted by Crippen LogP contribution is 2.36. The van der Waals surface area contributed by atoms with Gasteiger partial charge in [0.05, 0.1) is 10.6 Å². The highest BCUT2D eigenvalue weighted by atomic mass is 35.5. The van der Waals surface area contributed by atoms with E-state index in [2.05, 4.69) is 5.32 Å². The standard InChI is InChI=1S/C14H10ClF4N/c15-12-6-5-10(7-11(12)14(17,18)19)20-8-9-3-1-2-4-13(9)16/h1-7,20H,8H2. The summed E-state index contributed by atoms with van der Waals surface area (Å²) in [5.41, 5.74) is -0.321. The van der Waals surface area contributed by atoms with Gasteiger partial charge in [0, 0.05) is 17.8 Å². The summed E-state index contributed by atoms with van der Waals surface area (Å²) in [5.74, 6) is -0.412. The molecule has 0 saturated heterocycles. The van der Waals surface area contributed by atoms with Crippen LogP contribution in [0.1, 0.15) is 11.1 Å². The predicted molar refractivity (Wildman–Crippen MR) is 70.2 cm³/mol. The van der Waals surface area contributed by atoms with E-state index in [1.165, 1.54) is 12.1 Å². The summed E-state index contributed by atoms with van der Waals surface area (Å²) in [4.78, 5) is 0. The SMILES string of the molecule is Fc1ccccc1CNc1ccc(Cl)c(C(F)(F)F)c1. The fraction of sp³-hybridized carbons (Fsp3) is 0.143. The van der Waals surface area contributed by atoms with Crippen molar-refractivity contribution in [1.82, 2.24) is 0 Å². The maximum absolute atomic E-state index is 13.4. The highest BCUT2D eigenvalue weighted by Gasteiger charge is 2.33. The van der Waals surface area contributed by atoms with E-state index < -0.39 is 17.6 Å².